The number of hydrogen-bond donors (Lipinski definition) is 3. The minimum Gasteiger partial charge on any atom is -0.391 e. The zero-order valence-electron chi connectivity index (χ0n) is 34.4. The largest absolute Gasteiger partial charge is 0.472 e. The number of aliphatic hydroxyl groups is 1. The molecule has 0 aliphatic heterocycles. The summed E-state index contributed by atoms with van der Waals surface area (Å²) in [5.41, 5.74) is 0. The number of amides is 1. The fourth-order valence-corrected chi connectivity index (χ4v) is 7.01. The van der Waals surface area contributed by atoms with Crippen LogP contribution in [0.3, 0.4) is 0 Å². The van der Waals surface area contributed by atoms with E-state index in [-0.39, 0.29) is 19.1 Å². The predicted octanol–water partition coefficient (Wildman–Crippen LogP) is 11.6. The van der Waals surface area contributed by atoms with Crippen LogP contribution in [0.25, 0.3) is 0 Å². The van der Waals surface area contributed by atoms with Crippen LogP contribution in [-0.4, -0.2) is 73.4 Å². The molecule has 51 heavy (non-hydrogen) atoms. The van der Waals surface area contributed by atoms with Gasteiger partial charge in [-0.2, -0.15) is 0 Å². The van der Waals surface area contributed by atoms with Crippen molar-refractivity contribution in [3.63, 3.8) is 0 Å². The van der Waals surface area contributed by atoms with Gasteiger partial charge in [0.05, 0.1) is 39.9 Å². The molecule has 0 saturated heterocycles. The molecular formula is C42H86N2O6P+. The van der Waals surface area contributed by atoms with Crippen LogP contribution in [-0.2, 0) is 18.4 Å². The van der Waals surface area contributed by atoms with E-state index in [0.29, 0.717) is 23.9 Å². The number of carbonyl (C=O) groups is 1. The number of allylic oxidation sites excluding steroid dienone is 2. The van der Waals surface area contributed by atoms with E-state index in [4.69, 9.17) is 9.05 Å². The summed E-state index contributed by atoms with van der Waals surface area (Å²) in [4.78, 5) is 23.1. The number of carbonyl (C=O) groups excluding carboxylic acids is 1. The summed E-state index contributed by atoms with van der Waals surface area (Å²) < 4.78 is 23.6. The number of aliphatic hydroxyl groups excluding tert-OH is 1. The summed E-state index contributed by atoms with van der Waals surface area (Å²) in [7, 11) is 1.62. The molecule has 9 heteroatoms. The van der Waals surface area contributed by atoms with Crippen LogP contribution < -0.4 is 5.32 Å². The average molecular weight is 746 g/mol. The number of nitrogens with one attached hydrogen (secondary N) is 1. The van der Waals surface area contributed by atoms with E-state index < -0.39 is 20.0 Å². The Bertz CT molecular complexity index is 850. The Morgan fingerprint density at radius 2 is 1.06 bits per heavy atom. The first-order chi connectivity index (χ1) is 24.5. The monoisotopic (exact) mass is 746 g/mol. The molecular weight excluding hydrogens is 659 g/mol. The highest BCUT2D eigenvalue weighted by molar-refractivity contribution is 7.47. The molecule has 0 heterocycles. The van der Waals surface area contributed by atoms with E-state index in [9.17, 15) is 19.4 Å². The topological polar surface area (TPSA) is 105 Å². The summed E-state index contributed by atoms with van der Waals surface area (Å²) in [6.45, 7) is 4.87. The third-order valence-corrected chi connectivity index (χ3v) is 10.7. The molecule has 3 N–H and O–H groups in total. The van der Waals surface area contributed by atoms with Gasteiger partial charge in [0.1, 0.15) is 13.2 Å². The highest BCUT2D eigenvalue weighted by Gasteiger charge is 2.28. The second kappa shape index (κ2) is 35.0. The SMILES string of the molecule is CCCCCC/C=C\CCCCCCCCCC(=O)NC(COP(=O)(O)OCC[N+](C)(C)C)C(O)CCCCCCCCCCCCCCCC. The molecule has 8 nitrogen and oxygen atoms in total. The Kier molecular flexibility index (Phi) is 34.5. The third-order valence-electron chi connectivity index (χ3n) is 9.76. The van der Waals surface area contributed by atoms with Crippen LogP contribution in [0.15, 0.2) is 12.2 Å². The molecule has 0 aliphatic rings. The number of quaternary nitrogens is 1. The lowest BCUT2D eigenvalue weighted by Gasteiger charge is -2.26. The van der Waals surface area contributed by atoms with Crippen LogP contribution in [0.1, 0.15) is 200 Å². The van der Waals surface area contributed by atoms with E-state index in [0.717, 1.165) is 38.5 Å². The molecule has 0 aromatic heterocycles. The van der Waals surface area contributed by atoms with Crippen molar-refractivity contribution >= 4 is 13.7 Å². The molecule has 3 atom stereocenters. The first kappa shape index (κ1) is 50.2. The molecule has 0 rings (SSSR count). The molecule has 1 amide bonds. The highest BCUT2D eigenvalue weighted by atomic mass is 31.2. The van der Waals surface area contributed by atoms with Gasteiger partial charge >= 0.3 is 7.82 Å². The zero-order valence-corrected chi connectivity index (χ0v) is 35.3. The average Bonchev–Trinajstić information content (AvgIpc) is 3.07. The van der Waals surface area contributed by atoms with Crippen LogP contribution >= 0.6 is 7.82 Å². The van der Waals surface area contributed by atoms with Gasteiger partial charge in [0.15, 0.2) is 0 Å². The van der Waals surface area contributed by atoms with Gasteiger partial charge < -0.3 is 19.8 Å². The lowest BCUT2D eigenvalue weighted by molar-refractivity contribution is -0.870. The first-order valence-electron chi connectivity index (χ1n) is 21.6. The molecule has 0 bridgehead atoms. The number of unbranched alkanes of at least 4 members (excludes halogenated alkanes) is 24. The third kappa shape index (κ3) is 37.4. The van der Waals surface area contributed by atoms with Crippen molar-refractivity contribution in [3.8, 4) is 0 Å². The Morgan fingerprint density at radius 3 is 1.53 bits per heavy atom. The van der Waals surface area contributed by atoms with Gasteiger partial charge in [-0.3, -0.25) is 13.8 Å². The second-order valence-corrected chi connectivity index (χ2v) is 17.5. The number of likely N-dealkylation sites (N-methyl/N-ethyl adjacent to an activating group) is 1. The van der Waals surface area contributed by atoms with Gasteiger partial charge in [-0.05, 0) is 38.5 Å². The van der Waals surface area contributed by atoms with E-state index in [1.807, 2.05) is 21.1 Å². The van der Waals surface area contributed by atoms with Crippen LogP contribution in [0.5, 0.6) is 0 Å². The van der Waals surface area contributed by atoms with Crippen molar-refractivity contribution in [1.82, 2.24) is 5.32 Å². The lowest BCUT2D eigenvalue weighted by atomic mass is 10.0. The molecule has 0 fully saturated rings. The highest BCUT2D eigenvalue weighted by Crippen LogP contribution is 2.43. The molecule has 0 aromatic rings. The molecule has 0 saturated carbocycles. The van der Waals surface area contributed by atoms with Crippen molar-refractivity contribution in [2.24, 2.45) is 0 Å². The fraction of sp³-hybridized carbons (Fsp3) is 0.929. The summed E-state index contributed by atoms with van der Waals surface area (Å²) >= 11 is 0. The normalized spacial score (nSPS) is 14.6. The Hall–Kier alpha value is -0.760. The van der Waals surface area contributed by atoms with Gasteiger partial charge in [-0.15, -0.1) is 0 Å². The summed E-state index contributed by atoms with van der Waals surface area (Å²) in [5.74, 6) is -0.149. The number of phosphoric ester groups is 1. The van der Waals surface area contributed by atoms with Gasteiger partial charge in [0.25, 0.3) is 0 Å². The van der Waals surface area contributed by atoms with Crippen molar-refractivity contribution in [3.05, 3.63) is 12.2 Å². The van der Waals surface area contributed by atoms with Gasteiger partial charge in [-0.25, -0.2) is 4.57 Å². The maximum Gasteiger partial charge on any atom is 0.472 e. The van der Waals surface area contributed by atoms with Crippen molar-refractivity contribution < 1.29 is 32.9 Å². The van der Waals surface area contributed by atoms with E-state index in [2.05, 4.69) is 31.3 Å². The molecule has 3 unspecified atom stereocenters. The predicted molar refractivity (Wildman–Crippen MR) is 217 cm³/mol. The quantitative estimate of drug-likeness (QED) is 0.0250. The fourth-order valence-electron chi connectivity index (χ4n) is 6.28. The van der Waals surface area contributed by atoms with Gasteiger partial charge in [-0.1, -0.05) is 167 Å². The Morgan fingerprint density at radius 1 is 0.647 bits per heavy atom. The number of rotatable bonds is 39. The molecule has 0 aromatic carbocycles. The summed E-state index contributed by atoms with van der Waals surface area (Å²) in [6, 6.07) is -0.757. The maximum absolute atomic E-state index is 12.9. The Labute approximate surface area is 316 Å². The summed E-state index contributed by atoms with van der Waals surface area (Å²) in [6.07, 6.45) is 38.0. The molecule has 0 spiro atoms. The number of phosphoric acid groups is 1. The minimum absolute atomic E-state index is 0.0755. The van der Waals surface area contributed by atoms with Gasteiger partial charge in [0.2, 0.25) is 5.91 Å². The van der Waals surface area contributed by atoms with E-state index >= 15 is 0 Å². The smallest absolute Gasteiger partial charge is 0.391 e. The molecule has 0 radical (unpaired) electrons. The number of nitrogens with zero attached hydrogens (tertiary/aromatic N) is 1. The Balaban J connectivity index is 4.39. The second-order valence-electron chi connectivity index (χ2n) is 16.1. The zero-order chi connectivity index (χ0) is 37.9. The van der Waals surface area contributed by atoms with Gasteiger partial charge in [0, 0.05) is 6.42 Å². The van der Waals surface area contributed by atoms with Crippen molar-refractivity contribution in [2.75, 3.05) is 40.9 Å². The molecule has 0 aliphatic carbocycles. The standard InChI is InChI=1S/C42H85N2O6P/c1-6-8-10-12-14-16-18-20-22-24-26-28-30-32-34-36-42(46)43-40(39-50-51(47,48)49-38-37-44(3,4)5)41(45)35-33-31-29-27-25-23-21-19-17-15-13-11-9-7-2/h16,18,40-41,45H,6-15,17,19-39H2,1-5H3,(H-,43,46,47,48)/p+1/b18-16-. The molecule has 304 valence electrons. The maximum atomic E-state index is 12.9. The van der Waals surface area contributed by atoms with Crippen LogP contribution in [0.4, 0.5) is 0 Å². The summed E-state index contributed by atoms with van der Waals surface area (Å²) in [5, 5.41) is 13.9. The lowest BCUT2D eigenvalue weighted by Crippen LogP contribution is -2.46. The first-order valence-corrected chi connectivity index (χ1v) is 23.0. The van der Waals surface area contributed by atoms with Crippen molar-refractivity contribution in [1.29, 1.82) is 0 Å². The van der Waals surface area contributed by atoms with Crippen LogP contribution in [0.2, 0.25) is 0 Å². The van der Waals surface area contributed by atoms with Crippen molar-refractivity contribution in [2.45, 2.75) is 212 Å². The van der Waals surface area contributed by atoms with Crippen LogP contribution in [0, 0.1) is 0 Å². The van der Waals surface area contributed by atoms with E-state index in [1.54, 1.807) is 0 Å². The van der Waals surface area contributed by atoms with E-state index in [1.165, 1.54) is 135 Å². The number of hydrogen-bond acceptors (Lipinski definition) is 5. The minimum atomic E-state index is -4.31.